The zero-order valence-electron chi connectivity index (χ0n) is 20.5. The fraction of sp³-hybridized carbons (Fsp3) is 0.926. The summed E-state index contributed by atoms with van der Waals surface area (Å²) in [7, 11) is 0. The van der Waals surface area contributed by atoms with Gasteiger partial charge in [-0.05, 0) is 25.7 Å². The van der Waals surface area contributed by atoms with Crippen molar-refractivity contribution >= 4 is 0 Å². The Hall–Kier alpha value is -0.660. The topological polar surface area (TPSA) is 6.48 Å². The van der Waals surface area contributed by atoms with Crippen molar-refractivity contribution in [3.8, 4) is 0 Å². The Labute approximate surface area is 184 Å². The lowest BCUT2D eigenvalue weighted by atomic mass is 10.0. The molecule has 1 heterocycles. The molecule has 0 aromatic rings. The molecule has 0 saturated heterocycles. The largest absolute Gasteiger partial charge is 0.356 e. The van der Waals surface area contributed by atoms with E-state index in [1.165, 1.54) is 135 Å². The van der Waals surface area contributed by atoms with Gasteiger partial charge in [0.25, 0.3) is 0 Å². The maximum atomic E-state index is 2.64. The summed E-state index contributed by atoms with van der Waals surface area (Å²) in [4.78, 5) is 5.24. The van der Waals surface area contributed by atoms with Crippen molar-refractivity contribution in [3.63, 3.8) is 0 Å². The summed E-state index contributed by atoms with van der Waals surface area (Å²) in [6.45, 7) is 9.38. The molecule has 1 atom stereocenters. The van der Waals surface area contributed by atoms with Crippen LogP contribution >= 0.6 is 0 Å². The van der Waals surface area contributed by atoms with Gasteiger partial charge in [-0.1, -0.05) is 117 Å². The second-order valence-corrected chi connectivity index (χ2v) is 9.35. The average molecular weight is 407 g/mol. The highest BCUT2D eigenvalue weighted by Crippen LogP contribution is 2.23. The molecule has 0 spiro atoms. The minimum Gasteiger partial charge on any atom is -0.356 e. The zero-order valence-corrected chi connectivity index (χ0v) is 20.5. The van der Waals surface area contributed by atoms with E-state index in [2.05, 4.69) is 43.0 Å². The SMILES string of the molecule is CCCCCCCCCCCCCCC1N(CCC)C=CN1CCCCCCC. The Balaban J connectivity index is 2.07. The quantitative estimate of drug-likeness (QED) is 0.176. The standard InChI is InChI=1S/C27H54N2/c1-4-7-9-11-12-13-14-15-16-17-18-20-22-27-28(23-6-3)25-26-29(27)24-21-19-10-8-5-2/h25-27H,4-24H2,1-3H3. The maximum absolute atomic E-state index is 2.64. The van der Waals surface area contributed by atoms with Gasteiger partial charge in [0.05, 0.1) is 0 Å². The molecule has 29 heavy (non-hydrogen) atoms. The van der Waals surface area contributed by atoms with Crippen LogP contribution in [0, 0.1) is 0 Å². The number of nitrogens with zero attached hydrogens (tertiary/aromatic N) is 2. The Morgan fingerprint density at radius 3 is 1.34 bits per heavy atom. The van der Waals surface area contributed by atoms with E-state index in [-0.39, 0.29) is 0 Å². The molecule has 0 radical (unpaired) electrons. The van der Waals surface area contributed by atoms with Gasteiger partial charge in [0.15, 0.2) is 0 Å². The second-order valence-electron chi connectivity index (χ2n) is 9.35. The molecule has 0 amide bonds. The van der Waals surface area contributed by atoms with Gasteiger partial charge >= 0.3 is 0 Å². The van der Waals surface area contributed by atoms with Crippen LogP contribution in [0.25, 0.3) is 0 Å². The summed E-state index contributed by atoms with van der Waals surface area (Å²) in [5.74, 6) is 0. The molecule has 0 aromatic carbocycles. The third kappa shape index (κ3) is 13.3. The van der Waals surface area contributed by atoms with Crippen molar-refractivity contribution < 1.29 is 0 Å². The monoisotopic (exact) mass is 406 g/mol. The molecule has 0 N–H and O–H groups in total. The Morgan fingerprint density at radius 2 is 0.862 bits per heavy atom. The Bertz CT molecular complexity index is 366. The van der Waals surface area contributed by atoms with Gasteiger partial charge in [-0.15, -0.1) is 0 Å². The lowest BCUT2D eigenvalue weighted by Crippen LogP contribution is -2.39. The smallest absolute Gasteiger partial charge is 0.101 e. The van der Waals surface area contributed by atoms with Crippen molar-refractivity contribution in [1.29, 1.82) is 0 Å². The van der Waals surface area contributed by atoms with Gasteiger partial charge in [0.2, 0.25) is 0 Å². The lowest BCUT2D eigenvalue weighted by Gasteiger charge is -2.33. The summed E-state index contributed by atoms with van der Waals surface area (Å²) in [6.07, 6.45) is 32.2. The second kappa shape index (κ2) is 19.3. The number of unbranched alkanes of at least 4 members (excludes halogenated alkanes) is 15. The highest BCUT2D eigenvalue weighted by molar-refractivity contribution is 4.96. The van der Waals surface area contributed by atoms with Gasteiger partial charge in [-0.2, -0.15) is 0 Å². The molecular weight excluding hydrogens is 352 g/mol. The van der Waals surface area contributed by atoms with Gasteiger partial charge in [-0.3, -0.25) is 0 Å². The van der Waals surface area contributed by atoms with Gasteiger partial charge in [0.1, 0.15) is 6.17 Å². The van der Waals surface area contributed by atoms with Crippen LogP contribution in [-0.2, 0) is 0 Å². The molecule has 2 heteroatoms. The van der Waals surface area contributed by atoms with Crippen LogP contribution < -0.4 is 0 Å². The summed E-state index contributed by atoms with van der Waals surface area (Å²) in [5.41, 5.74) is 0. The highest BCUT2D eigenvalue weighted by atomic mass is 15.4. The van der Waals surface area contributed by atoms with E-state index < -0.39 is 0 Å². The minimum absolute atomic E-state index is 0.643. The van der Waals surface area contributed by atoms with Crippen LogP contribution in [0.15, 0.2) is 12.4 Å². The Kier molecular flexibility index (Phi) is 17.6. The van der Waals surface area contributed by atoms with Crippen LogP contribution in [0.1, 0.15) is 143 Å². The molecule has 0 aromatic heterocycles. The maximum Gasteiger partial charge on any atom is 0.101 e. The fourth-order valence-corrected chi connectivity index (χ4v) is 4.66. The summed E-state index contributed by atoms with van der Waals surface area (Å²) < 4.78 is 0. The van der Waals surface area contributed by atoms with Crippen molar-refractivity contribution in [2.75, 3.05) is 13.1 Å². The van der Waals surface area contributed by atoms with E-state index in [4.69, 9.17) is 0 Å². The van der Waals surface area contributed by atoms with Crippen molar-refractivity contribution in [2.24, 2.45) is 0 Å². The first-order valence-electron chi connectivity index (χ1n) is 13.5. The summed E-state index contributed by atoms with van der Waals surface area (Å²) in [6, 6.07) is 0. The van der Waals surface area contributed by atoms with Gasteiger partial charge in [0, 0.05) is 25.5 Å². The number of hydrogen-bond acceptors (Lipinski definition) is 2. The molecule has 1 unspecified atom stereocenters. The third-order valence-electron chi connectivity index (χ3n) is 6.53. The molecular formula is C27H54N2. The molecule has 0 aliphatic carbocycles. The predicted octanol–water partition coefficient (Wildman–Crippen LogP) is 8.87. The van der Waals surface area contributed by atoms with E-state index in [0.717, 1.165) is 0 Å². The Morgan fingerprint density at radius 1 is 0.448 bits per heavy atom. The fourth-order valence-electron chi connectivity index (χ4n) is 4.66. The van der Waals surface area contributed by atoms with E-state index in [1.54, 1.807) is 0 Å². The highest BCUT2D eigenvalue weighted by Gasteiger charge is 2.24. The number of rotatable bonds is 21. The molecule has 0 fully saturated rings. The van der Waals surface area contributed by atoms with Crippen molar-refractivity contribution in [1.82, 2.24) is 9.80 Å². The molecule has 0 bridgehead atoms. The van der Waals surface area contributed by atoms with Crippen molar-refractivity contribution in [2.45, 2.75) is 149 Å². The van der Waals surface area contributed by atoms with Crippen LogP contribution in [0.5, 0.6) is 0 Å². The molecule has 1 aliphatic heterocycles. The first-order valence-corrected chi connectivity index (χ1v) is 13.5. The van der Waals surface area contributed by atoms with E-state index >= 15 is 0 Å². The van der Waals surface area contributed by atoms with Gasteiger partial charge < -0.3 is 9.80 Å². The molecule has 1 aliphatic rings. The molecule has 2 nitrogen and oxygen atoms in total. The predicted molar refractivity (Wildman–Crippen MR) is 131 cm³/mol. The van der Waals surface area contributed by atoms with Crippen molar-refractivity contribution in [3.05, 3.63) is 12.4 Å². The zero-order chi connectivity index (χ0) is 21.0. The van der Waals surface area contributed by atoms with E-state index in [9.17, 15) is 0 Å². The lowest BCUT2D eigenvalue weighted by molar-refractivity contribution is 0.137. The van der Waals surface area contributed by atoms with Crippen LogP contribution in [-0.4, -0.2) is 29.1 Å². The summed E-state index contributed by atoms with van der Waals surface area (Å²) >= 11 is 0. The first kappa shape index (κ1) is 26.4. The number of hydrogen-bond donors (Lipinski definition) is 0. The average Bonchev–Trinajstić information content (AvgIpc) is 3.10. The molecule has 172 valence electrons. The molecule has 0 saturated carbocycles. The van der Waals surface area contributed by atoms with E-state index in [1.807, 2.05) is 0 Å². The first-order chi connectivity index (χ1) is 14.3. The third-order valence-corrected chi connectivity index (χ3v) is 6.53. The van der Waals surface area contributed by atoms with Gasteiger partial charge in [-0.25, -0.2) is 0 Å². The van der Waals surface area contributed by atoms with Crippen LogP contribution in [0.3, 0.4) is 0 Å². The van der Waals surface area contributed by atoms with Crippen LogP contribution in [0.2, 0.25) is 0 Å². The minimum atomic E-state index is 0.643. The van der Waals surface area contributed by atoms with Crippen LogP contribution in [0.4, 0.5) is 0 Å². The van der Waals surface area contributed by atoms with E-state index in [0.29, 0.717) is 6.17 Å². The normalized spacial score (nSPS) is 16.3. The summed E-state index contributed by atoms with van der Waals surface area (Å²) in [5, 5.41) is 0. The molecule has 1 rings (SSSR count).